The first-order chi connectivity index (χ1) is 15.1. The zero-order valence-corrected chi connectivity index (χ0v) is 17.8. The first kappa shape index (κ1) is 19.4. The van der Waals surface area contributed by atoms with Crippen molar-refractivity contribution in [2.45, 2.75) is 19.9 Å². The van der Waals surface area contributed by atoms with E-state index >= 15 is 0 Å². The Morgan fingerprint density at radius 3 is 2.55 bits per heavy atom. The van der Waals surface area contributed by atoms with Crippen molar-refractivity contribution in [1.29, 1.82) is 0 Å². The summed E-state index contributed by atoms with van der Waals surface area (Å²) in [6, 6.07) is 23.7. The Balaban J connectivity index is 1.46. The predicted octanol–water partition coefficient (Wildman–Crippen LogP) is 5.03. The highest BCUT2D eigenvalue weighted by atomic mass is 16.5. The van der Waals surface area contributed by atoms with Crippen LogP contribution in [-0.4, -0.2) is 47.2 Å². The van der Waals surface area contributed by atoms with Gasteiger partial charge in [0, 0.05) is 31.2 Å². The second-order valence-electron chi connectivity index (χ2n) is 8.16. The van der Waals surface area contributed by atoms with E-state index in [2.05, 4.69) is 30.9 Å². The molecule has 1 saturated heterocycles. The van der Waals surface area contributed by atoms with E-state index in [0.29, 0.717) is 13.1 Å². The van der Waals surface area contributed by atoms with Gasteiger partial charge < -0.3 is 14.5 Å². The van der Waals surface area contributed by atoms with Gasteiger partial charge in [0.05, 0.1) is 5.56 Å². The molecule has 0 bridgehead atoms. The van der Waals surface area contributed by atoms with Crippen molar-refractivity contribution >= 4 is 17.4 Å². The van der Waals surface area contributed by atoms with Crippen LogP contribution in [0.5, 0.6) is 11.5 Å². The highest BCUT2D eigenvalue weighted by molar-refractivity contribution is 6.04. The van der Waals surface area contributed by atoms with Crippen LogP contribution in [0.1, 0.15) is 28.4 Å². The summed E-state index contributed by atoms with van der Waals surface area (Å²) in [5.74, 6) is 2.56. The van der Waals surface area contributed by atoms with E-state index in [1.165, 1.54) is 0 Å². The molecule has 2 aliphatic rings. The first-order valence-corrected chi connectivity index (χ1v) is 10.7. The number of amides is 1. The van der Waals surface area contributed by atoms with Crippen LogP contribution in [0.2, 0.25) is 0 Å². The Labute approximate surface area is 182 Å². The second-order valence-corrected chi connectivity index (χ2v) is 8.16. The number of nitrogens with zero attached hydrogens (tertiary/aromatic N) is 3. The molecule has 1 atom stereocenters. The third kappa shape index (κ3) is 3.67. The van der Waals surface area contributed by atoms with Gasteiger partial charge in [0.15, 0.2) is 5.75 Å². The van der Waals surface area contributed by atoms with E-state index < -0.39 is 0 Å². The standard InChI is InChI=1S/C26H25N3O2/c1-18-12-13-22-24(16-18)31-23-11-7-6-10-21(23)25(27-22)28-14-15-29(19(2)17-28)26(30)20-8-4-3-5-9-20/h3-13,16,19H,14-15,17H2,1-2H3/t19-/m0/s1. The van der Waals surface area contributed by atoms with E-state index in [1.807, 2.05) is 65.6 Å². The van der Waals surface area contributed by atoms with Crippen molar-refractivity contribution in [3.05, 3.63) is 89.5 Å². The van der Waals surface area contributed by atoms with Crippen LogP contribution < -0.4 is 4.74 Å². The summed E-state index contributed by atoms with van der Waals surface area (Å²) >= 11 is 0. The number of benzene rings is 3. The van der Waals surface area contributed by atoms with Crippen molar-refractivity contribution < 1.29 is 9.53 Å². The number of ether oxygens (including phenoxy) is 1. The minimum absolute atomic E-state index is 0.0676. The van der Waals surface area contributed by atoms with Gasteiger partial charge in [-0.1, -0.05) is 36.4 Å². The van der Waals surface area contributed by atoms with Crippen LogP contribution in [-0.2, 0) is 0 Å². The highest BCUT2D eigenvalue weighted by Gasteiger charge is 2.31. The molecule has 31 heavy (non-hydrogen) atoms. The zero-order valence-electron chi connectivity index (χ0n) is 17.8. The van der Waals surface area contributed by atoms with Crippen LogP contribution >= 0.6 is 0 Å². The largest absolute Gasteiger partial charge is 0.454 e. The molecule has 2 aliphatic heterocycles. The number of fused-ring (bicyclic) bond motifs is 2. The maximum absolute atomic E-state index is 13.0. The zero-order chi connectivity index (χ0) is 21.4. The summed E-state index contributed by atoms with van der Waals surface area (Å²) in [4.78, 5) is 22.3. The molecule has 5 rings (SSSR count). The van der Waals surface area contributed by atoms with Gasteiger partial charge in [0.2, 0.25) is 0 Å². The van der Waals surface area contributed by atoms with E-state index in [9.17, 15) is 4.79 Å². The fraction of sp³-hybridized carbons (Fsp3) is 0.231. The Hall–Kier alpha value is -3.60. The molecule has 3 aromatic rings. The number of carbonyl (C=O) groups excluding carboxylic acids is 1. The maximum Gasteiger partial charge on any atom is 0.254 e. The summed E-state index contributed by atoms with van der Waals surface area (Å²) in [7, 11) is 0. The number of carbonyl (C=O) groups is 1. The lowest BCUT2D eigenvalue weighted by Gasteiger charge is -2.41. The summed E-state index contributed by atoms with van der Waals surface area (Å²) in [5, 5.41) is 0. The summed E-state index contributed by atoms with van der Waals surface area (Å²) in [6.45, 7) is 6.24. The minimum atomic E-state index is 0.0676. The van der Waals surface area contributed by atoms with Gasteiger partial charge in [0.25, 0.3) is 5.91 Å². The molecule has 1 fully saturated rings. The lowest BCUT2D eigenvalue weighted by atomic mass is 10.1. The highest BCUT2D eigenvalue weighted by Crippen LogP contribution is 2.38. The Kier molecular flexibility index (Phi) is 4.94. The molecule has 0 radical (unpaired) electrons. The maximum atomic E-state index is 13.0. The smallest absolute Gasteiger partial charge is 0.254 e. The molecule has 0 aliphatic carbocycles. The SMILES string of the molecule is Cc1ccc2c(c1)Oc1ccccc1C(N1CCN(C(=O)c3ccccc3)[C@@H](C)C1)=N2. The summed E-state index contributed by atoms with van der Waals surface area (Å²) in [5.41, 5.74) is 3.67. The number of aliphatic imine (C=N–C) groups is 1. The number of hydrogen-bond donors (Lipinski definition) is 0. The summed E-state index contributed by atoms with van der Waals surface area (Å²) < 4.78 is 6.24. The topological polar surface area (TPSA) is 45.1 Å². The third-order valence-corrected chi connectivity index (χ3v) is 5.90. The Morgan fingerprint density at radius 1 is 0.968 bits per heavy atom. The van der Waals surface area contributed by atoms with Gasteiger partial charge in [-0.25, -0.2) is 4.99 Å². The molecule has 2 heterocycles. The number of hydrogen-bond acceptors (Lipinski definition) is 4. The lowest BCUT2D eigenvalue weighted by Crippen LogP contribution is -2.55. The van der Waals surface area contributed by atoms with E-state index in [1.54, 1.807) is 0 Å². The third-order valence-electron chi connectivity index (χ3n) is 5.90. The average Bonchev–Trinajstić information content (AvgIpc) is 2.95. The molecule has 5 nitrogen and oxygen atoms in total. The van der Waals surface area contributed by atoms with Crippen LogP contribution in [0, 0.1) is 6.92 Å². The van der Waals surface area contributed by atoms with Crippen molar-refractivity contribution in [2.75, 3.05) is 19.6 Å². The quantitative estimate of drug-likeness (QED) is 0.564. The number of rotatable bonds is 1. The van der Waals surface area contributed by atoms with Crippen molar-refractivity contribution in [2.24, 2.45) is 4.99 Å². The van der Waals surface area contributed by atoms with Crippen molar-refractivity contribution in [3.8, 4) is 11.5 Å². The van der Waals surface area contributed by atoms with E-state index in [0.717, 1.165) is 46.3 Å². The first-order valence-electron chi connectivity index (χ1n) is 10.7. The van der Waals surface area contributed by atoms with Crippen LogP contribution in [0.3, 0.4) is 0 Å². The van der Waals surface area contributed by atoms with Crippen LogP contribution in [0.15, 0.2) is 77.8 Å². The molecule has 0 unspecified atom stereocenters. The van der Waals surface area contributed by atoms with Crippen molar-refractivity contribution in [1.82, 2.24) is 9.80 Å². The molecule has 0 saturated carbocycles. The fourth-order valence-corrected chi connectivity index (χ4v) is 4.27. The molecule has 0 spiro atoms. The molecular formula is C26H25N3O2. The van der Waals surface area contributed by atoms with Gasteiger partial charge in [-0.2, -0.15) is 0 Å². The van der Waals surface area contributed by atoms with E-state index in [4.69, 9.17) is 9.73 Å². The van der Waals surface area contributed by atoms with Gasteiger partial charge in [0.1, 0.15) is 17.3 Å². The van der Waals surface area contributed by atoms with Crippen LogP contribution in [0.4, 0.5) is 5.69 Å². The normalized spacial score (nSPS) is 17.7. The molecule has 0 aromatic heterocycles. The molecule has 3 aromatic carbocycles. The minimum Gasteiger partial charge on any atom is -0.454 e. The Morgan fingerprint density at radius 2 is 1.74 bits per heavy atom. The second kappa shape index (κ2) is 7.91. The molecular weight excluding hydrogens is 386 g/mol. The average molecular weight is 412 g/mol. The fourth-order valence-electron chi connectivity index (χ4n) is 4.27. The monoisotopic (exact) mass is 411 g/mol. The van der Waals surface area contributed by atoms with Gasteiger partial charge in [-0.15, -0.1) is 0 Å². The van der Waals surface area contributed by atoms with Crippen LogP contribution in [0.25, 0.3) is 0 Å². The lowest BCUT2D eigenvalue weighted by molar-refractivity contribution is 0.0581. The molecule has 5 heteroatoms. The number of aryl methyl sites for hydroxylation is 1. The number of amidine groups is 1. The summed E-state index contributed by atoms with van der Waals surface area (Å²) in [6.07, 6.45) is 0. The predicted molar refractivity (Wildman–Crippen MR) is 122 cm³/mol. The molecule has 1 amide bonds. The van der Waals surface area contributed by atoms with Gasteiger partial charge in [-0.3, -0.25) is 4.79 Å². The van der Waals surface area contributed by atoms with Crippen molar-refractivity contribution in [3.63, 3.8) is 0 Å². The number of para-hydroxylation sites is 1. The molecule has 156 valence electrons. The Bertz CT molecular complexity index is 1160. The molecule has 0 N–H and O–H groups in total. The number of piperazine rings is 1. The van der Waals surface area contributed by atoms with E-state index in [-0.39, 0.29) is 11.9 Å². The van der Waals surface area contributed by atoms with Gasteiger partial charge in [-0.05, 0) is 55.8 Å². The van der Waals surface area contributed by atoms with Gasteiger partial charge >= 0.3 is 0 Å².